The van der Waals surface area contributed by atoms with Gasteiger partial charge < -0.3 is 10.4 Å². The van der Waals surface area contributed by atoms with Crippen molar-refractivity contribution in [3.63, 3.8) is 0 Å². The van der Waals surface area contributed by atoms with Gasteiger partial charge in [-0.2, -0.15) is 0 Å². The molecule has 0 radical (unpaired) electrons. The molecule has 1 aliphatic rings. The Bertz CT molecular complexity index is 306. The molecule has 1 saturated heterocycles. The van der Waals surface area contributed by atoms with Crippen LogP contribution in [0.3, 0.4) is 0 Å². The summed E-state index contributed by atoms with van der Waals surface area (Å²) in [5, 5.41) is 13.8. The number of aliphatic hydroxyl groups excluding tert-OH is 1. The summed E-state index contributed by atoms with van der Waals surface area (Å²) in [7, 11) is 0. The second-order valence-electron chi connectivity index (χ2n) is 4.77. The third-order valence-corrected chi connectivity index (χ3v) is 3.62. The molecule has 16 heavy (non-hydrogen) atoms. The van der Waals surface area contributed by atoms with Crippen LogP contribution >= 0.6 is 0 Å². The van der Waals surface area contributed by atoms with E-state index in [-0.39, 0.29) is 12.0 Å². The molecule has 0 bridgehead atoms. The number of aliphatic hydroxyl groups is 1. The Morgan fingerprint density at radius 1 is 1.25 bits per heavy atom. The van der Waals surface area contributed by atoms with Gasteiger partial charge in [0.2, 0.25) is 0 Å². The summed E-state index contributed by atoms with van der Waals surface area (Å²) in [4.78, 5) is 0. The molecule has 2 N–H and O–H groups in total. The first-order valence-corrected chi connectivity index (χ1v) is 6.25. The van der Waals surface area contributed by atoms with Gasteiger partial charge in [0.05, 0.1) is 6.10 Å². The number of nitrogens with one attached hydrogen (secondary N) is 1. The molecule has 0 aliphatic carbocycles. The number of hydrogen-bond acceptors (Lipinski definition) is 2. The molecule has 0 amide bonds. The summed E-state index contributed by atoms with van der Waals surface area (Å²) in [6.45, 7) is 3.23. The van der Waals surface area contributed by atoms with Crippen molar-refractivity contribution < 1.29 is 5.11 Å². The average molecular weight is 219 g/mol. The fourth-order valence-corrected chi connectivity index (χ4v) is 2.50. The normalized spacial score (nSPS) is 25.0. The van der Waals surface area contributed by atoms with Gasteiger partial charge in [0, 0.05) is 12.0 Å². The van der Waals surface area contributed by atoms with E-state index < -0.39 is 0 Å². The van der Waals surface area contributed by atoms with Crippen LogP contribution < -0.4 is 5.32 Å². The lowest BCUT2D eigenvalue weighted by atomic mass is 9.86. The molecule has 1 aromatic rings. The first-order chi connectivity index (χ1) is 7.79. The van der Waals surface area contributed by atoms with E-state index in [0.29, 0.717) is 6.04 Å². The molecule has 2 heteroatoms. The maximum Gasteiger partial charge on any atom is 0.0830 e. The molecule has 0 spiro atoms. The smallest absolute Gasteiger partial charge is 0.0830 e. The molecule has 1 aliphatic heterocycles. The van der Waals surface area contributed by atoms with Gasteiger partial charge in [-0.25, -0.2) is 0 Å². The van der Waals surface area contributed by atoms with Crippen LogP contribution in [0.15, 0.2) is 30.3 Å². The molecule has 3 unspecified atom stereocenters. The number of piperidine rings is 1. The Kier molecular flexibility index (Phi) is 3.97. The first kappa shape index (κ1) is 11.6. The standard InChI is InChI=1S/C14H21NO/c1-11(13-9-5-6-10-15-13)14(16)12-7-3-2-4-8-12/h2-4,7-8,11,13-16H,5-6,9-10H2,1H3. The number of rotatable bonds is 3. The zero-order valence-corrected chi connectivity index (χ0v) is 9.89. The minimum Gasteiger partial charge on any atom is -0.388 e. The molecular weight excluding hydrogens is 198 g/mol. The molecule has 0 saturated carbocycles. The van der Waals surface area contributed by atoms with E-state index in [4.69, 9.17) is 0 Å². The van der Waals surface area contributed by atoms with Crippen LogP contribution in [0.5, 0.6) is 0 Å². The monoisotopic (exact) mass is 219 g/mol. The maximum atomic E-state index is 10.3. The average Bonchev–Trinajstić information content (AvgIpc) is 2.39. The van der Waals surface area contributed by atoms with Crippen molar-refractivity contribution in [3.8, 4) is 0 Å². The van der Waals surface area contributed by atoms with E-state index in [1.807, 2.05) is 30.3 Å². The van der Waals surface area contributed by atoms with Gasteiger partial charge in [-0.1, -0.05) is 43.7 Å². The highest BCUT2D eigenvalue weighted by atomic mass is 16.3. The molecule has 1 fully saturated rings. The lowest BCUT2D eigenvalue weighted by molar-refractivity contribution is 0.0864. The zero-order chi connectivity index (χ0) is 11.4. The molecule has 1 aromatic carbocycles. The van der Waals surface area contributed by atoms with Crippen LogP contribution in [-0.2, 0) is 0 Å². The summed E-state index contributed by atoms with van der Waals surface area (Å²) < 4.78 is 0. The van der Waals surface area contributed by atoms with E-state index in [9.17, 15) is 5.11 Å². The Morgan fingerprint density at radius 3 is 2.62 bits per heavy atom. The Labute approximate surface area is 97.7 Å². The van der Waals surface area contributed by atoms with Crippen molar-refractivity contribution in [1.29, 1.82) is 0 Å². The summed E-state index contributed by atoms with van der Waals surface area (Å²) >= 11 is 0. The van der Waals surface area contributed by atoms with Gasteiger partial charge in [0.1, 0.15) is 0 Å². The fraction of sp³-hybridized carbons (Fsp3) is 0.571. The van der Waals surface area contributed by atoms with Crippen molar-refractivity contribution in [2.24, 2.45) is 5.92 Å². The van der Waals surface area contributed by atoms with Gasteiger partial charge >= 0.3 is 0 Å². The summed E-state index contributed by atoms with van der Waals surface area (Å²) in [6, 6.07) is 10.4. The SMILES string of the molecule is CC(C1CCCCN1)C(O)c1ccccc1. The molecular formula is C14H21NO. The van der Waals surface area contributed by atoms with Gasteiger partial charge in [-0.3, -0.25) is 0 Å². The first-order valence-electron chi connectivity index (χ1n) is 6.25. The lowest BCUT2D eigenvalue weighted by Gasteiger charge is -2.32. The fourth-order valence-electron chi connectivity index (χ4n) is 2.50. The Hall–Kier alpha value is -0.860. The maximum absolute atomic E-state index is 10.3. The van der Waals surface area contributed by atoms with Crippen molar-refractivity contribution in [3.05, 3.63) is 35.9 Å². The minimum absolute atomic E-state index is 0.280. The van der Waals surface area contributed by atoms with Crippen LogP contribution in [0.1, 0.15) is 37.9 Å². The molecule has 0 aromatic heterocycles. The molecule has 1 heterocycles. The van der Waals surface area contributed by atoms with Crippen LogP contribution in [0.25, 0.3) is 0 Å². The predicted molar refractivity (Wildman–Crippen MR) is 66.2 cm³/mol. The van der Waals surface area contributed by atoms with Crippen LogP contribution in [0.2, 0.25) is 0 Å². The highest BCUT2D eigenvalue weighted by Crippen LogP contribution is 2.27. The molecule has 3 atom stereocenters. The third kappa shape index (κ3) is 2.63. The van der Waals surface area contributed by atoms with Gasteiger partial charge in [0.15, 0.2) is 0 Å². The second kappa shape index (κ2) is 5.46. The summed E-state index contributed by atoms with van der Waals surface area (Å²) in [6.07, 6.45) is 3.39. The van der Waals surface area contributed by atoms with Gasteiger partial charge in [-0.05, 0) is 24.9 Å². The van der Waals surface area contributed by atoms with Crippen LogP contribution in [0.4, 0.5) is 0 Å². The highest BCUT2D eigenvalue weighted by Gasteiger charge is 2.26. The molecule has 2 rings (SSSR count). The number of benzene rings is 1. The quantitative estimate of drug-likeness (QED) is 0.818. The van der Waals surface area contributed by atoms with E-state index in [1.54, 1.807) is 0 Å². The number of hydrogen-bond donors (Lipinski definition) is 2. The lowest BCUT2D eigenvalue weighted by Crippen LogP contribution is -2.41. The van der Waals surface area contributed by atoms with Gasteiger partial charge in [0.25, 0.3) is 0 Å². The zero-order valence-electron chi connectivity index (χ0n) is 9.89. The van der Waals surface area contributed by atoms with Crippen molar-refractivity contribution in [2.45, 2.75) is 38.3 Å². The van der Waals surface area contributed by atoms with E-state index in [2.05, 4.69) is 12.2 Å². The van der Waals surface area contributed by atoms with E-state index in [1.165, 1.54) is 19.3 Å². The van der Waals surface area contributed by atoms with E-state index >= 15 is 0 Å². The Morgan fingerprint density at radius 2 is 2.00 bits per heavy atom. The predicted octanol–water partition coefficient (Wildman–Crippen LogP) is 2.50. The van der Waals surface area contributed by atoms with Crippen molar-refractivity contribution in [1.82, 2.24) is 5.32 Å². The topological polar surface area (TPSA) is 32.3 Å². The van der Waals surface area contributed by atoms with Crippen LogP contribution in [0, 0.1) is 5.92 Å². The van der Waals surface area contributed by atoms with Crippen LogP contribution in [-0.4, -0.2) is 17.7 Å². The molecule has 88 valence electrons. The summed E-state index contributed by atoms with van der Waals surface area (Å²) in [5.74, 6) is 0.280. The Balaban J connectivity index is 2.00. The second-order valence-corrected chi connectivity index (χ2v) is 4.77. The van der Waals surface area contributed by atoms with Crippen molar-refractivity contribution in [2.75, 3.05) is 6.54 Å². The molecule has 2 nitrogen and oxygen atoms in total. The summed E-state index contributed by atoms with van der Waals surface area (Å²) in [5.41, 5.74) is 1.03. The van der Waals surface area contributed by atoms with Crippen molar-refractivity contribution >= 4 is 0 Å². The highest BCUT2D eigenvalue weighted by molar-refractivity contribution is 5.18. The largest absolute Gasteiger partial charge is 0.388 e. The van der Waals surface area contributed by atoms with Gasteiger partial charge in [-0.15, -0.1) is 0 Å². The third-order valence-electron chi connectivity index (χ3n) is 3.62. The minimum atomic E-state index is -0.350. The van der Waals surface area contributed by atoms with E-state index in [0.717, 1.165) is 12.1 Å².